The van der Waals surface area contributed by atoms with Crippen LogP contribution in [0.1, 0.15) is 25.7 Å². The average molecular weight is 339 g/mol. The summed E-state index contributed by atoms with van der Waals surface area (Å²) in [7, 11) is 0. The van der Waals surface area contributed by atoms with Crippen molar-refractivity contribution < 1.29 is 18.8 Å². The number of nitrogens with zero attached hydrogens (tertiary/aromatic N) is 1. The van der Waals surface area contributed by atoms with Crippen LogP contribution in [0.15, 0.2) is 23.4 Å². The minimum absolute atomic E-state index is 0.0276. The van der Waals surface area contributed by atoms with E-state index in [0.29, 0.717) is 6.61 Å². The van der Waals surface area contributed by atoms with Crippen molar-refractivity contribution in [1.82, 2.24) is 5.32 Å². The maximum atomic E-state index is 13.3. The first-order valence-electron chi connectivity index (χ1n) is 7.59. The summed E-state index contributed by atoms with van der Waals surface area (Å²) in [6.07, 6.45) is 3.66. The highest BCUT2D eigenvalue weighted by molar-refractivity contribution is 6.30. The van der Waals surface area contributed by atoms with Crippen molar-refractivity contribution in [2.24, 2.45) is 10.6 Å². The molecule has 1 N–H and O–H groups in total. The number of carbonyl (C=O) groups excluding carboxylic acids is 1. The minimum Gasteiger partial charge on any atom is -0.484 e. The number of oxime groups is 1. The van der Waals surface area contributed by atoms with Crippen molar-refractivity contribution >= 4 is 23.2 Å². The van der Waals surface area contributed by atoms with Crippen LogP contribution in [0.3, 0.4) is 0 Å². The second kappa shape index (κ2) is 5.09. The summed E-state index contributed by atoms with van der Waals surface area (Å²) in [5.41, 5.74) is 1.18. The van der Waals surface area contributed by atoms with E-state index < -0.39 is 5.82 Å². The fourth-order valence-electron chi connectivity index (χ4n) is 3.95. The lowest BCUT2D eigenvalue weighted by Gasteiger charge is -2.70. The Morgan fingerprint density at radius 2 is 2.22 bits per heavy atom. The fourth-order valence-corrected chi connectivity index (χ4v) is 4.07. The zero-order chi connectivity index (χ0) is 16.1. The molecule has 1 aromatic rings. The molecule has 23 heavy (non-hydrogen) atoms. The normalized spacial score (nSPS) is 30.6. The second-order valence-electron chi connectivity index (χ2n) is 6.62. The Kier molecular flexibility index (Phi) is 3.27. The molecule has 122 valence electrons. The molecule has 3 saturated carbocycles. The van der Waals surface area contributed by atoms with E-state index in [9.17, 15) is 9.18 Å². The van der Waals surface area contributed by atoms with Gasteiger partial charge in [-0.3, -0.25) is 4.79 Å². The number of hydrogen-bond donors (Lipinski definition) is 1. The molecule has 4 aliphatic rings. The average Bonchev–Trinajstić information content (AvgIpc) is 2.96. The third-order valence-electron chi connectivity index (χ3n) is 4.91. The van der Waals surface area contributed by atoms with Crippen molar-refractivity contribution in [1.29, 1.82) is 0 Å². The smallest absolute Gasteiger partial charge is 0.258 e. The largest absolute Gasteiger partial charge is 0.484 e. The highest BCUT2D eigenvalue weighted by Gasteiger charge is 2.70. The summed E-state index contributed by atoms with van der Waals surface area (Å²) < 4.78 is 18.6. The van der Waals surface area contributed by atoms with Crippen LogP contribution in [0.5, 0.6) is 5.75 Å². The van der Waals surface area contributed by atoms with Gasteiger partial charge < -0.3 is 14.9 Å². The van der Waals surface area contributed by atoms with Crippen molar-refractivity contribution in [3.8, 4) is 5.75 Å². The van der Waals surface area contributed by atoms with E-state index in [4.69, 9.17) is 21.2 Å². The fraction of sp³-hybridized carbons (Fsp3) is 0.500. The molecule has 3 aliphatic carbocycles. The van der Waals surface area contributed by atoms with Crippen LogP contribution in [0.2, 0.25) is 5.02 Å². The SMILES string of the molecule is O=C(COc1ccc(Cl)c(F)c1)NC12CC(C3=NOCC3)(C1)C2. The maximum Gasteiger partial charge on any atom is 0.258 e. The molecule has 0 aromatic heterocycles. The number of halogens is 2. The third-order valence-corrected chi connectivity index (χ3v) is 5.22. The summed E-state index contributed by atoms with van der Waals surface area (Å²) in [6, 6.07) is 4.11. The van der Waals surface area contributed by atoms with E-state index in [1.165, 1.54) is 18.2 Å². The minimum atomic E-state index is -0.564. The Bertz CT molecular complexity index is 687. The molecular weight excluding hydrogens is 323 g/mol. The molecule has 1 aromatic carbocycles. The lowest BCUT2D eigenvalue weighted by atomic mass is 9.37. The maximum absolute atomic E-state index is 13.3. The zero-order valence-corrected chi connectivity index (χ0v) is 13.2. The topological polar surface area (TPSA) is 59.9 Å². The van der Waals surface area contributed by atoms with Crippen LogP contribution in [0, 0.1) is 11.2 Å². The lowest BCUT2D eigenvalue weighted by Crippen LogP contribution is -2.77. The van der Waals surface area contributed by atoms with E-state index in [2.05, 4.69) is 10.5 Å². The van der Waals surface area contributed by atoms with Gasteiger partial charge in [-0.15, -0.1) is 0 Å². The van der Waals surface area contributed by atoms with Gasteiger partial charge in [0, 0.05) is 23.4 Å². The van der Waals surface area contributed by atoms with Crippen LogP contribution < -0.4 is 10.1 Å². The van der Waals surface area contributed by atoms with Gasteiger partial charge in [0.15, 0.2) is 6.61 Å². The summed E-state index contributed by atoms with van der Waals surface area (Å²) in [5, 5.41) is 7.15. The predicted molar refractivity (Wildman–Crippen MR) is 82.1 cm³/mol. The molecule has 5 rings (SSSR count). The van der Waals surface area contributed by atoms with E-state index in [-0.39, 0.29) is 34.2 Å². The molecule has 1 amide bonds. The number of nitrogens with one attached hydrogen (secondary N) is 1. The molecule has 3 fully saturated rings. The van der Waals surface area contributed by atoms with Gasteiger partial charge in [0.05, 0.1) is 10.7 Å². The number of rotatable bonds is 5. The molecular formula is C16H16ClFN2O3. The number of hydrogen-bond acceptors (Lipinski definition) is 4. The Hall–Kier alpha value is -1.82. The van der Waals surface area contributed by atoms with Gasteiger partial charge in [-0.1, -0.05) is 16.8 Å². The molecule has 2 bridgehead atoms. The van der Waals surface area contributed by atoms with Crippen molar-refractivity contribution in [3.63, 3.8) is 0 Å². The highest BCUT2D eigenvalue weighted by Crippen LogP contribution is 2.68. The van der Waals surface area contributed by atoms with Gasteiger partial charge in [0.25, 0.3) is 5.91 Å². The second-order valence-corrected chi connectivity index (χ2v) is 7.03. The van der Waals surface area contributed by atoms with Crippen molar-refractivity contribution in [3.05, 3.63) is 29.0 Å². The summed E-state index contributed by atoms with van der Waals surface area (Å²) in [6.45, 7) is 0.530. The molecule has 0 spiro atoms. The first kappa shape index (κ1) is 14.8. The van der Waals surface area contributed by atoms with Crippen LogP contribution in [-0.2, 0) is 9.63 Å². The molecule has 5 nitrogen and oxygen atoms in total. The monoisotopic (exact) mass is 338 g/mol. The predicted octanol–water partition coefficient (Wildman–Crippen LogP) is 2.67. The first-order chi connectivity index (χ1) is 11.0. The van der Waals surface area contributed by atoms with Gasteiger partial charge in [-0.05, 0) is 31.4 Å². The zero-order valence-electron chi connectivity index (χ0n) is 12.4. The number of benzene rings is 1. The van der Waals surface area contributed by atoms with Crippen LogP contribution in [-0.4, -0.2) is 30.4 Å². The number of amides is 1. The third kappa shape index (κ3) is 2.45. The van der Waals surface area contributed by atoms with Crippen LogP contribution in [0.25, 0.3) is 0 Å². The van der Waals surface area contributed by atoms with E-state index in [1.807, 2.05) is 0 Å². The molecule has 0 unspecified atom stereocenters. The lowest BCUT2D eigenvalue weighted by molar-refractivity contribution is -0.143. The Labute approximate surface area is 137 Å². The molecule has 0 saturated heterocycles. The van der Waals surface area contributed by atoms with E-state index in [1.54, 1.807) is 0 Å². The highest BCUT2D eigenvalue weighted by atomic mass is 35.5. The van der Waals surface area contributed by atoms with Gasteiger partial charge in [-0.2, -0.15) is 0 Å². The summed E-state index contributed by atoms with van der Waals surface area (Å²) >= 11 is 5.60. The van der Waals surface area contributed by atoms with E-state index >= 15 is 0 Å². The summed E-state index contributed by atoms with van der Waals surface area (Å²) in [5.74, 6) is -0.475. The van der Waals surface area contributed by atoms with Crippen molar-refractivity contribution in [2.45, 2.75) is 31.2 Å². The molecule has 0 radical (unpaired) electrons. The van der Waals surface area contributed by atoms with Gasteiger partial charge in [0.1, 0.15) is 18.2 Å². The van der Waals surface area contributed by atoms with Crippen LogP contribution in [0.4, 0.5) is 4.39 Å². The van der Waals surface area contributed by atoms with Crippen LogP contribution >= 0.6 is 11.6 Å². The van der Waals surface area contributed by atoms with Gasteiger partial charge in [0.2, 0.25) is 0 Å². The number of carbonyl (C=O) groups is 1. The molecule has 0 atom stereocenters. The van der Waals surface area contributed by atoms with Gasteiger partial charge in [-0.25, -0.2) is 4.39 Å². The molecule has 1 aliphatic heterocycles. The quantitative estimate of drug-likeness (QED) is 0.898. The van der Waals surface area contributed by atoms with E-state index in [0.717, 1.165) is 31.4 Å². The first-order valence-corrected chi connectivity index (χ1v) is 7.96. The Morgan fingerprint density at radius 3 is 2.87 bits per heavy atom. The number of ether oxygens (including phenoxy) is 1. The Balaban J connectivity index is 1.27. The summed E-state index contributed by atoms with van der Waals surface area (Å²) in [4.78, 5) is 17.1. The van der Waals surface area contributed by atoms with Crippen molar-refractivity contribution in [2.75, 3.05) is 13.2 Å². The molecule has 7 heteroatoms. The molecule has 1 heterocycles. The standard InChI is InChI=1S/C16H16ClFN2O3/c17-11-2-1-10(5-12(11)18)22-6-14(21)19-16-7-15(8-16,9-16)13-3-4-23-20-13/h1-2,5H,3-4,6-9H2,(H,19,21). The Morgan fingerprint density at radius 1 is 1.43 bits per heavy atom. The van der Waals surface area contributed by atoms with Gasteiger partial charge >= 0.3 is 0 Å².